The van der Waals surface area contributed by atoms with Gasteiger partial charge in [-0.1, -0.05) is 11.6 Å². The summed E-state index contributed by atoms with van der Waals surface area (Å²) in [5, 5.41) is 11.3. The summed E-state index contributed by atoms with van der Waals surface area (Å²) in [6.45, 7) is -3.15. The van der Waals surface area contributed by atoms with Crippen molar-refractivity contribution in [1.29, 1.82) is 0 Å². The molecule has 0 radical (unpaired) electrons. The van der Waals surface area contributed by atoms with Crippen LogP contribution in [0.1, 0.15) is 12.8 Å². The fourth-order valence-corrected chi connectivity index (χ4v) is 2.22. The summed E-state index contributed by atoms with van der Waals surface area (Å²) in [5.41, 5.74) is 0.0441. The van der Waals surface area contributed by atoms with E-state index in [9.17, 15) is 13.6 Å². The number of hydrogen-bond acceptors (Lipinski definition) is 3. The van der Waals surface area contributed by atoms with Crippen LogP contribution in [0.4, 0.5) is 14.5 Å². The van der Waals surface area contributed by atoms with Gasteiger partial charge in [0.1, 0.15) is 0 Å². The van der Waals surface area contributed by atoms with Crippen LogP contribution in [0.5, 0.6) is 5.75 Å². The lowest BCUT2D eigenvalue weighted by Gasteiger charge is -2.14. The van der Waals surface area contributed by atoms with Gasteiger partial charge in [0.15, 0.2) is 5.75 Å². The molecule has 0 heterocycles. The van der Waals surface area contributed by atoms with Crippen LogP contribution in [0.3, 0.4) is 0 Å². The van der Waals surface area contributed by atoms with Crippen molar-refractivity contribution in [3.63, 3.8) is 0 Å². The molecule has 0 fully saturated rings. The second kappa shape index (κ2) is 7.62. The van der Waals surface area contributed by atoms with Crippen molar-refractivity contribution in [2.45, 2.75) is 19.5 Å². The van der Waals surface area contributed by atoms with Crippen molar-refractivity contribution in [1.82, 2.24) is 0 Å². The normalized spacial score (nSPS) is 10.6. The molecule has 1 aromatic carbocycles. The van der Waals surface area contributed by atoms with E-state index in [0.29, 0.717) is 0 Å². The number of alkyl halides is 2. The first-order chi connectivity index (χ1) is 8.93. The number of benzene rings is 1. The van der Waals surface area contributed by atoms with E-state index >= 15 is 0 Å². The Labute approximate surface area is 121 Å². The van der Waals surface area contributed by atoms with Gasteiger partial charge >= 0.3 is 6.61 Å². The highest BCUT2D eigenvalue weighted by Gasteiger charge is 2.16. The van der Waals surface area contributed by atoms with Crippen LogP contribution in [0.25, 0.3) is 0 Å². The molecule has 0 aliphatic heterocycles. The molecule has 106 valence electrons. The maximum atomic E-state index is 12.3. The van der Waals surface area contributed by atoms with Gasteiger partial charge in [-0.05, 0) is 34.5 Å². The Bertz CT molecular complexity index is 460. The molecule has 0 unspecified atom stereocenters. The first-order valence-electron chi connectivity index (χ1n) is 5.28. The van der Waals surface area contributed by atoms with Gasteiger partial charge in [0.2, 0.25) is 5.91 Å². The molecular formula is C11H11BrClF2NO3. The zero-order chi connectivity index (χ0) is 14.4. The average molecular weight is 359 g/mol. The Balaban J connectivity index is 2.93. The Morgan fingerprint density at radius 2 is 2.21 bits per heavy atom. The standard InChI is InChI=1S/C11H11BrClF2NO3/c12-7-4-6(13)5-8(10(7)19-11(14)15)16-9(18)2-1-3-17/h4-5,11,17H,1-3H2,(H,16,18). The van der Waals surface area contributed by atoms with Gasteiger partial charge in [0, 0.05) is 18.1 Å². The van der Waals surface area contributed by atoms with E-state index < -0.39 is 12.5 Å². The van der Waals surface area contributed by atoms with Gasteiger partial charge < -0.3 is 15.2 Å². The minimum Gasteiger partial charge on any atom is -0.431 e. The third-order valence-electron chi connectivity index (χ3n) is 2.05. The zero-order valence-electron chi connectivity index (χ0n) is 9.63. The van der Waals surface area contributed by atoms with Gasteiger partial charge in [-0.25, -0.2) is 0 Å². The summed E-state index contributed by atoms with van der Waals surface area (Å²) < 4.78 is 29.1. The molecular weight excluding hydrogens is 347 g/mol. The van der Waals surface area contributed by atoms with E-state index in [-0.39, 0.29) is 40.4 Å². The number of hydrogen-bond donors (Lipinski definition) is 2. The second-order valence-corrected chi connectivity index (χ2v) is 4.81. The number of carbonyl (C=O) groups excluding carboxylic acids is 1. The van der Waals surface area contributed by atoms with Crippen molar-refractivity contribution in [3.8, 4) is 5.75 Å². The molecule has 0 aromatic heterocycles. The highest BCUT2D eigenvalue weighted by molar-refractivity contribution is 9.10. The molecule has 0 saturated heterocycles. The number of anilines is 1. The number of rotatable bonds is 6. The minimum atomic E-state index is -3.02. The largest absolute Gasteiger partial charge is 0.431 e. The van der Waals surface area contributed by atoms with Crippen LogP contribution in [-0.2, 0) is 4.79 Å². The molecule has 0 spiro atoms. The highest BCUT2D eigenvalue weighted by Crippen LogP contribution is 2.37. The van der Waals surface area contributed by atoms with Crippen molar-refractivity contribution in [2.24, 2.45) is 0 Å². The van der Waals surface area contributed by atoms with Crippen LogP contribution in [-0.4, -0.2) is 24.2 Å². The Kier molecular flexibility index (Phi) is 6.47. The van der Waals surface area contributed by atoms with E-state index in [4.69, 9.17) is 16.7 Å². The number of carbonyl (C=O) groups is 1. The Morgan fingerprint density at radius 1 is 1.53 bits per heavy atom. The van der Waals surface area contributed by atoms with E-state index in [1.54, 1.807) is 0 Å². The Morgan fingerprint density at radius 3 is 2.79 bits per heavy atom. The predicted octanol–water partition coefficient (Wildman–Crippen LogP) is 3.41. The molecule has 1 amide bonds. The SMILES string of the molecule is O=C(CCCO)Nc1cc(Cl)cc(Br)c1OC(F)F. The number of amides is 1. The fourth-order valence-electron chi connectivity index (χ4n) is 1.31. The summed E-state index contributed by atoms with van der Waals surface area (Å²) in [5.74, 6) is -0.626. The summed E-state index contributed by atoms with van der Waals surface area (Å²) in [4.78, 5) is 11.5. The van der Waals surface area contributed by atoms with Crippen LogP contribution in [0, 0.1) is 0 Å². The Hall–Kier alpha value is -0.920. The van der Waals surface area contributed by atoms with Gasteiger partial charge in [0.25, 0.3) is 0 Å². The summed E-state index contributed by atoms with van der Waals surface area (Å²) >= 11 is 8.82. The van der Waals surface area contributed by atoms with E-state index in [1.807, 2.05) is 0 Å². The summed E-state index contributed by atoms with van der Waals surface area (Å²) in [7, 11) is 0. The monoisotopic (exact) mass is 357 g/mol. The molecule has 0 atom stereocenters. The zero-order valence-corrected chi connectivity index (χ0v) is 12.0. The molecule has 19 heavy (non-hydrogen) atoms. The predicted molar refractivity (Wildman–Crippen MR) is 70.7 cm³/mol. The van der Waals surface area contributed by atoms with Gasteiger partial charge in [0.05, 0.1) is 10.2 Å². The second-order valence-electron chi connectivity index (χ2n) is 3.52. The number of aliphatic hydroxyl groups is 1. The minimum absolute atomic E-state index is 0.0441. The average Bonchev–Trinajstić information content (AvgIpc) is 2.30. The van der Waals surface area contributed by atoms with E-state index in [0.717, 1.165) is 0 Å². The smallest absolute Gasteiger partial charge is 0.387 e. The molecule has 1 aromatic rings. The topological polar surface area (TPSA) is 58.6 Å². The summed E-state index contributed by atoms with van der Waals surface area (Å²) in [6, 6.07) is 2.68. The van der Waals surface area contributed by atoms with Crippen LogP contribution < -0.4 is 10.1 Å². The molecule has 0 aliphatic carbocycles. The van der Waals surface area contributed by atoms with E-state index in [2.05, 4.69) is 26.0 Å². The maximum Gasteiger partial charge on any atom is 0.387 e. The number of ether oxygens (including phenoxy) is 1. The summed E-state index contributed by atoms with van der Waals surface area (Å²) in [6.07, 6.45) is 0.341. The maximum absolute atomic E-state index is 12.3. The van der Waals surface area contributed by atoms with Crippen molar-refractivity contribution < 1.29 is 23.4 Å². The molecule has 0 saturated carbocycles. The molecule has 1 rings (SSSR count). The van der Waals surface area contributed by atoms with Crippen molar-refractivity contribution >= 4 is 39.1 Å². The number of aliphatic hydroxyl groups excluding tert-OH is 1. The van der Waals surface area contributed by atoms with Crippen LogP contribution in [0.2, 0.25) is 5.02 Å². The lowest BCUT2D eigenvalue weighted by molar-refractivity contribution is -0.116. The molecule has 0 bridgehead atoms. The first kappa shape index (κ1) is 16.1. The highest BCUT2D eigenvalue weighted by atomic mass is 79.9. The third-order valence-corrected chi connectivity index (χ3v) is 2.86. The number of nitrogens with one attached hydrogen (secondary N) is 1. The lowest BCUT2D eigenvalue weighted by atomic mass is 10.2. The fraction of sp³-hybridized carbons (Fsp3) is 0.364. The molecule has 4 nitrogen and oxygen atoms in total. The lowest BCUT2D eigenvalue weighted by Crippen LogP contribution is -2.14. The van der Waals surface area contributed by atoms with Gasteiger partial charge in [-0.15, -0.1) is 0 Å². The van der Waals surface area contributed by atoms with Crippen LogP contribution >= 0.6 is 27.5 Å². The molecule has 2 N–H and O–H groups in total. The van der Waals surface area contributed by atoms with E-state index in [1.165, 1.54) is 12.1 Å². The molecule has 8 heteroatoms. The van der Waals surface area contributed by atoms with Gasteiger partial charge in [-0.3, -0.25) is 4.79 Å². The van der Waals surface area contributed by atoms with Crippen molar-refractivity contribution in [3.05, 3.63) is 21.6 Å². The molecule has 0 aliphatic rings. The first-order valence-corrected chi connectivity index (χ1v) is 6.45. The van der Waals surface area contributed by atoms with Gasteiger partial charge in [-0.2, -0.15) is 8.78 Å². The third kappa shape index (κ3) is 5.30. The number of halogens is 4. The van der Waals surface area contributed by atoms with Crippen LogP contribution in [0.15, 0.2) is 16.6 Å². The van der Waals surface area contributed by atoms with Crippen molar-refractivity contribution in [2.75, 3.05) is 11.9 Å². The quantitative estimate of drug-likeness (QED) is 0.819.